The van der Waals surface area contributed by atoms with Gasteiger partial charge in [0.05, 0.1) is 0 Å². The third-order valence-corrected chi connectivity index (χ3v) is 4.79. The number of hydrogen-bond acceptors (Lipinski definition) is 5. The van der Waals surface area contributed by atoms with Crippen molar-refractivity contribution in [1.82, 2.24) is 19.1 Å². The molecule has 0 unspecified atom stereocenters. The molecule has 0 atom stereocenters. The van der Waals surface area contributed by atoms with Gasteiger partial charge in [0.15, 0.2) is 11.5 Å². The molecule has 9 heteroatoms. The fraction of sp³-hybridized carbons (Fsp3) is 0.0952. The number of nitrogens with one attached hydrogen (secondary N) is 1. The minimum absolute atomic E-state index is 0.149. The van der Waals surface area contributed by atoms with E-state index in [2.05, 4.69) is 15.3 Å². The zero-order valence-corrected chi connectivity index (χ0v) is 16.6. The van der Waals surface area contributed by atoms with Gasteiger partial charge in [0.1, 0.15) is 11.9 Å². The van der Waals surface area contributed by atoms with Crippen molar-refractivity contribution in [2.24, 2.45) is 7.05 Å². The molecule has 0 fully saturated rings. The van der Waals surface area contributed by atoms with Gasteiger partial charge >= 0.3 is 5.69 Å². The maximum atomic E-state index is 12.9. The molecular formula is C21H16ClN5O3. The topological polar surface area (TPSA) is 98.9 Å². The van der Waals surface area contributed by atoms with E-state index in [-0.39, 0.29) is 11.0 Å². The van der Waals surface area contributed by atoms with Gasteiger partial charge in [-0.3, -0.25) is 18.7 Å². The SMILES string of the molecule is Cn1c(=O)n(CC(=O)Nc2ccc(Cl)cc2)c(=O)c2cnc(-c3ccccc3)nc21. The van der Waals surface area contributed by atoms with E-state index >= 15 is 0 Å². The molecule has 0 aliphatic heterocycles. The third kappa shape index (κ3) is 3.72. The second-order valence-electron chi connectivity index (χ2n) is 6.58. The molecule has 0 aliphatic carbocycles. The Bertz CT molecular complexity index is 1360. The molecule has 2 aromatic heterocycles. The highest BCUT2D eigenvalue weighted by molar-refractivity contribution is 6.30. The number of nitrogens with zero attached hydrogens (tertiary/aromatic N) is 4. The molecule has 0 radical (unpaired) electrons. The highest BCUT2D eigenvalue weighted by atomic mass is 35.5. The molecule has 2 heterocycles. The number of carbonyl (C=O) groups is 1. The summed E-state index contributed by atoms with van der Waals surface area (Å²) in [7, 11) is 1.50. The van der Waals surface area contributed by atoms with Gasteiger partial charge in [-0.1, -0.05) is 41.9 Å². The Morgan fingerprint density at radius 1 is 1.07 bits per heavy atom. The highest BCUT2D eigenvalue weighted by Crippen LogP contribution is 2.16. The van der Waals surface area contributed by atoms with E-state index in [1.807, 2.05) is 30.3 Å². The van der Waals surface area contributed by atoms with Crippen molar-refractivity contribution >= 4 is 34.2 Å². The van der Waals surface area contributed by atoms with E-state index in [0.29, 0.717) is 16.5 Å². The minimum atomic E-state index is -0.642. The van der Waals surface area contributed by atoms with Crippen LogP contribution in [0, 0.1) is 0 Å². The molecule has 1 N–H and O–H groups in total. The fourth-order valence-corrected chi connectivity index (χ4v) is 3.15. The lowest BCUT2D eigenvalue weighted by Gasteiger charge is -2.11. The van der Waals surface area contributed by atoms with Crippen LogP contribution in [0.15, 0.2) is 70.4 Å². The molecule has 150 valence electrons. The van der Waals surface area contributed by atoms with Gasteiger partial charge in [-0.25, -0.2) is 14.8 Å². The largest absolute Gasteiger partial charge is 0.332 e. The summed E-state index contributed by atoms with van der Waals surface area (Å²) in [5, 5.41) is 3.31. The Morgan fingerprint density at radius 2 is 1.77 bits per heavy atom. The molecule has 8 nitrogen and oxygen atoms in total. The normalized spacial score (nSPS) is 10.9. The first-order valence-electron chi connectivity index (χ1n) is 9.01. The molecule has 0 saturated carbocycles. The second-order valence-corrected chi connectivity index (χ2v) is 7.02. The van der Waals surface area contributed by atoms with Crippen LogP contribution in [0.1, 0.15) is 0 Å². The standard InChI is InChI=1S/C21H16ClN5O3/c1-26-19-16(11-23-18(25-19)13-5-3-2-4-6-13)20(29)27(21(26)30)12-17(28)24-15-9-7-14(22)8-10-15/h2-11H,12H2,1H3,(H,24,28). The van der Waals surface area contributed by atoms with Gasteiger partial charge in [-0.05, 0) is 24.3 Å². The Kier molecular flexibility index (Phi) is 5.16. The Labute approximate surface area is 175 Å². The zero-order chi connectivity index (χ0) is 21.3. The number of fused-ring (bicyclic) bond motifs is 1. The summed E-state index contributed by atoms with van der Waals surface area (Å²) >= 11 is 5.83. The lowest BCUT2D eigenvalue weighted by atomic mass is 10.2. The monoisotopic (exact) mass is 421 g/mol. The quantitative estimate of drug-likeness (QED) is 0.545. The van der Waals surface area contributed by atoms with Crippen molar-refractivity contribution in [3.63, 3.8) is 0 Å². The predicted octanol–water partition coefficient (Wildman–Crippen LogP) is 2.45. The number of carbonyl (C=O) groups excluding carboxylic acids is 1. The van der Waals surface area contributed by atoms with Crippen molar-refractivity contribution in [1.29, 1.82) is 0 Å². The first kappa shape index (κ1) is 19.5. The molecule has 0 bridgehead atoms. The molecule has 0 saturated heterocycles. The van der Waals surface area contributed by atoms with E-state index in [1.54, 1.807) is 24.3 Å². The van der Waals surface area contributed by atoms with Crippen LogP contribution < -0.4 is 16.6 Å². The summed E-state index contributed by atoms with van der Waals surface area (Å²) in [6.45, 7) is -0.440. The summed E-state index contributed by atoms with van der Waals surface area (Å²) in [4.78, 5) is 46.6. The molecule has 1 amide bonds. The molecular weight excluding hydrogens is 406 g/mol. The number of rotatable bonds is 4. The number of amides is 1. The average Bonchev–Trinajstić information content (AvgIpc) is 2.77. The van der Waals surface area contributed by atoms with Crippen LogP contribution in [-0.4, -0.2) is 25.0 Å². The van der Waals surface area contributed by atoms with Gasteiger partial charge in [0.2, 0.25) is 5.91 Å². The maximum Gasteiger partial charge on any atom is 0.332 e. The van der Waals surface area contributed by atoms with Crippen LogP contribution in [0.3, 0.4) is 0 Å². The Morgan fingerprint density at radius 3 is 2.47 bits per heavy atom. The molecule has 2 aromatic carbocycles. The van der Waals surface area contributed by atoms with Gasteiger partial charge < -0.3 is 5.32 Å². The van der Waals surface area contributed by atoms with Crippen molar-refractivity contribution in [2.45, 2.75) is 6.54 Å². The minimum Gasteiger partial charge on any atom is -0.325 e. The maximum absolute atomic E-state index is 12.9. The van der Waals surface area contributed by atoms with Crippen LogP contribution in [-0.2, 0) is 18.4 Å². The molecule has 0 aliphatic rings. The van der Waals surface area contributed by atoms with Crippen LogP contribution in [0.2, 0.25) is 5.02 Å². The summed E-state index contributed by atoms with van der Waals surface area (Å²) in [6.07, 6.45) is 1.38. The number of anilines is 1. The predicted molar refractivity (Wildman–Crippen MR) is 115 cm³/mol. The summed E-state index contributed by atoms with van der Waals surface area (Å²) in [5.74, 6) is -0.117. The first-order valence-corrected chi connectivity index (χ1v) is 9.39. The van der Waals surface area contributed by atoms with Gasteiger partial charge in [0, 0.05) is 29.5 Å². The second kappa shape index (κ2) is 7.92. The Hall–Kier alpha value is -3.78. The molecule has 30 heavy (non-hydrogen) atoms. The summed E-state index contributed by atoms with van der Waals surface area (Å²) < 4.78 is 2.10. The third-order valence-electron chi connectivity index (χ3n) is 4.54. The lowest BCUT2D eigenvalue weighted by molar-refractivity contribution is -0.116. The van der Waals surface area contributed by atoms with Crippen molar-refractivity contribution in [3.8, 4) is 11.4 Å². The van der Waals surface area contributed by atoms with Crippen molar-refractivity contribution in [3.05, 3.63) is 86.7 Å². The number of aryl methyl sites for hydroxylation is 1. The van der Waals surface area contributed by atoms with Gasteiger partial charge in [0.25, 0.3) is 5.56 Å². The van der Waals surface area contributed by atoms with Gasteiger partial charge in [-0.15, -0.1) is 0 Å². The first-order chi connectivity index (χ1) is 14.4. The fourth-order valence-electron chi connectivity index (χ4n) is 3.03. The van der Waals surface area contributed by atoms with Crippen LogP contribution in [0.25, 0.3) is 22.4 Å². The van der Waals surface area contributed by atoms with E-state index < -0.39 is 23.7 Å². The van der Waals surface area contributed by atoms with E-state index in [0.717, 1.165) is 10.1 Å². The molecule has 4 rings (SSSR count). The number of aromatic nitrogens is 4. The smallest absolute Gasteiger partial charge is 0.325 e. The number of halogens is 1. The Balaban J connectivity index is 1.71. The van der Waals surface area contributed by atoms with Crippen molar-refractivity contribution in [2.75, 3.05) is 5.32 Å². The molecule has 4 aromatic rings. The van der Waals surface area contributed by atoms with E-state index in [1.165, 1.54) is 17.8 Å². The van der Waals surface area contributed by atoms with E-state index in [4.69, 9.17) is 11.6 Å². The van der Waals surface area contributed by atoms with Crippen molar-refractivity contribution < 1.29 is 4.79 Å². The van der Waals surface area contributed by atoms with Gasteiger partial charge in [-0.2, -0.15) is 0 Å². The summed E-state index contributed by atoms with van der Waals surface area (Å²) in [5.41, 5.74) is 0.202. The lowest BCUT2D eigenvalue weighted by Crippen LogP contribution is -2.42. The van der Waals surface area contributed by atoms with Crippen LogP contribution in [0.4, 0.5) is 5.69 Å². The molecule has 0 spiro atoms. The highest BCUT2D eigenvalue weighted by Gasteiger charge is 2.16. The zero-order valence-electron chi connectivity index (χ0n) is 15.9. The number of benzene rings is 2. The van der Waals surface area contributed by atoms with Crippen LogP contribution >= 0.6 is 11.6 Å². The van der Waals surface area contributed by atoms with Crippen LogP contribution in [0.5, 0.6) is 0 Å². The average molecular weight is 422 g/mol. The number of hydrogen-bond donors (Lipinski definition) is 1. The van der Waals surface area contributed by atoms with E-state index in [9.17, 15) is 14.4 Å². The summed E-state index contributed by atoms with van der Waals surface area (Å²) in [6, 6.07) is 15.7.